The lowest BCUT2D eigenvalue weighted by Crippen LogP contribution is -2.37. The number of hydrogen-bond donors (Lipinski definition) is 1. The first kappa shape index (κ1) is 14.6. The first-order valence-electron chi connectivity index (χ1n) is 6.92. The molecular formula is C16H22N2O2. The Hall–Kier alpha value is -1.84. The average Bonchev–Trinajstić information content (AvgIpc) is 2.57. The molecule has 1 aliphatic rings. The number of nitrogens with zero attached hydrogens (tertiary/aromatic N) is 1. The van der Waals surface area contributed by atoms with Crippen molar-refractivity contribution in [3.05, 3.63) is 23.3 Å². The first-order chi connectivity index (χ1) is 9.18. The van der Waals surface area contributed by atoms with Crippen LogP contribution in [0.1, 0.15) is 38.3 Å². The third kappa shape index (κ3) is 1.99. The van der Waals surface area contributed by atoms with Crippen LogP contribution < -0.4 is 10.6 Å². The number of benzene rings is 1. The van der Waals surface area contributed by atoms with E-state index in [2.05, 4.69) is 0 Å². The quantitative estimate of drug-likeness (QED) is 0.666. The maximum atomic E-state index is 12.7. The highest BCUT2D eigenvalue weighted by atomic mass is 16.2. The maximum Gasteiger partial charge on any atom is 0.240 e. The van der Waals surface area contributed by atoms with E-state index >= 15 is 0 Å². The largest absolute Gasteiger partial charge is 0.398 e. The van der Waals surface area contributed by atoms with Crippen molar-refractivity contribution in [2.24, 2.45) is 11.3 Å². The van der Waals surface area contributed by atoms with Crippen molar-refractivity contribution in [2.75, 3.05) is 10.6 Å². The van der Waals surface area contributed by atoms with Crippen LogP contribution in [0.5, 0.6) is 0 Å². The summed E-state index contributed by atoms with van der Waals surface area (Å²) in [4.78, 5) is 26.3. The molecule has 4 nitrogen and oxygen atoms in total. The summed E-state index contributed by atoms with van der Waals surface area (Å²) in [5, 5.41) is 0. The van der Waals surface area contributed by atoms with E-state index in [4.69, 9.17) is 5.73 Å². The molecule has 20 heavy (non-hydrogen) atoms. The molecule has 1 heterocycles. The number of imide groups is 1. The zero-order valence-corrected chi connectivity index (χ0v) is 12.8. The molecule has 0 saturated carbocycles. The van der Waals surface area contributed by atoms with E-state index < -0.39 is 5.41 Å². The molecule has 1 fully saturated rings. The van der Waals surface area contributed by atoms with E-state index in [-0.39, 0.29) is 24.2 Å². The minimum absolute atomic E-state index is 0.118. The molecule has 1 aromatic rings. The second kappa shape index (κ2) is 4.62. The summed E-state index contributed by atoms with van der Waals surface area (Å²) in [5.74, 6) is -0.145. The van der Waals surface area contributed by atoms with Gasteiger partial charge in [0.1, 0.15) is 0 Å². The zero-order chi connectivity index (χ0) is 15.2. The minimum atomic E-state index is -0.622. The second-order valence-electron chi connectivity index (χ2n) is 6.28. The van der Waals surface area contributed by atoms with Gasteiger partial charge in [-0.3, -0.25) is 9.59 Å². The highest BCUT2D eigenvalue weighted by Crippen LogP contribution is 2.42. The fourth-order valence-electron chi connectivity index (χ4n) is 2.63. The van der Waals surface area contributed by atoms with E-state index in [1.165, 1.54) is 4.90 Å². The highest BCUT2D eigenvalue weighted by molar-refractivity contribution is 6.23. The predicted octanol–water partition coefficient (Wildman–Crippen LogP) is 2.81. The standard InChI is InChI=1S/C16H22N2O2/c1-9(2)16(5)8-14(19)18(15(16)20)13-7-12(17)10(3)6-11(13)4/h6-7,9H,8,17H2,1-5H3. The van der Waals surface area contributed by atoms with Gasteiger partial charge >= 0.3 is 0 Å². The summed E-state index contributed by atoms with van der Waals surface area (Å²) in [5.41, 5.74) is 8.37. The monoisotopic (exact) mass is 274 g/mol. The van der Waals surface area contributed by atoms with Crippen molar-refractivity contribution in [3.63, 3.8) is 0 Å². The summed E-state index contributed by atoms with van der Waals surface area (Å²) in [7, 11) is 0. The van der Waals surface area contributed by atoms with Crippen LogP contribution in [0.15, 0.2) is 12.1 Å². The van der Waals surface area contributed by atoms with E-state index in [9.17, 15) is 9.59 Å². The summed E-state index contributed by atoms with van der Waals surface area (Å²) in [6.45, 7) is 9.63. The van der Waals surface area contributed by atoms with Crippen molar-refractivity contribution in [1.29, 1.82) is 0 Å². The molecule has 0 aromatic heterocycles. The number of hydrogen-bond acceptors (Lipinski definition) is 3. The third-order valence-electron chi connectivity index (χ3n) is 4.56. The molecule has 0 bridgehead atoms. The summed E-state index contributed by atoms with van der Waals surface area (Å²) in [6.07, 6.45) is 0.261. The number of carbonyl (C=O) groups is 2. The van der Waals surface area contributed by atoms with Gasteiger partial charge in [-0.2, -0.15) is 0 Å². The van der Waals surface area contributed by atoms with Gasteiger partial charge in [0.25, 0.3) is 0 Å². The Balaban J connectivity index is 2.52. The topological polar surface area (TPSA) is 63.4 Å². The lowest BCUT2D eigenvalue weighted by atomic mass is 9.78. The average molecular weight is 274 g/mol. The number of amides is 2. The Morgan fingerprint density at radius 1 is 1.20 bits per heavy atom. The molecule has 1 unspecified atom stereocenters. The van der Waals surface area contributed by atoms with Gasteiger partial charge in [-0.1, -0.05) is 19.9 Å². The highest BCUT2D eigenvalue weighted by Gasteiger charge is 2.50. The lowest BCUT2D eigenvalue weighted by Gasteiger charge is -2.26. The van der Waals surface area contributed by atoms with E-state index in [0.29, 0.717) is 11.4 Å². The van der Waals surface area contributed by atoms with Gasteiger partial charge in [-0.15, -0.1) is 0 Å². The lowest BCUT2D eigenvalue weighted by molar-refractivity contribution is -0.126. The van der Waals surface area contributed by atoms with Crippen LogP contribution in [0.2, 0.25) is 0 Å². The van der Waals surface area contributed by atoms with Crippen LogP contribution in [-0.4, -0.2) is 11.8 Å². The molecule has 2 rings (SSSR count). The number of nitrogens with two attached hydrogens (primary N) is 1. The van der Waals surface area contributed by atoms with Gasteiger partial charge in [0.15, 0.2) is 0 Å². The van der Waals surface area contributed by atoms with Crippen LogP contribution in [0, 0.1) is 25.2 Å². The van der Waals surface area contributed by atoms with Gasteiger partial charge in [0.05, 0.1) is 11.1 Å². The number of anilines is 2. The number of rotatable bonds is 2. The van der Waals surface area contributed by atoms with Crippen molar-refractivity contribution in [2.45, 2.75) is 41.0 Å². The zero-order valence-electron chi connectivity index (χ0n) is 12.8. The molecular weight excluding hydrogens is 252 g/mol. The van der Waals surface area contributed by atoms with Gasteiger partial charge in [0.2, 0.25) is 11.8 Å². The van der Waals surface area contributed by atoms with Crippen LogP contribution in [0.3, 0.4) is 0 Å². The molecule has 1 aliphatic heterocycles. The second-order valence-corrected chi connectivity index (χ2v) is 6.28. The fourth-order valence-corrected chi connectivity index (χ4v) is 2.63. The number of carbonyl (C=O) groups excluding carboxylic acids is 2. The van der Waals surface area contributed by atoms with E-state index in [1.807, 2.05) is 40.7 Å². The van der Waals surface area contributed by atoms with E-state index in [1.54, 1.807) is 6.07 Å². The van der Waals surface area contributed by atoms with E-state index in [0.717, 1.165) is 11.1 Å². The molecule has 1 saturated heterocycles. The summed E-state index contributed by atoms with van der Waals surface area (Å²) < 4.78 is 0. The van der Waals surface area contributed by atoms with Crippen LogP contribution in [-0.2, 0) is 9.59 Å². The first-order valence-corrected chi connectivity index (χ1v) is 6.92. The van der Waals surface area contributed by atoms with Crippen molar-refractivity contribution < 1.29 is 9.59 Å². The predicted molar refractivity (Wildman–Crippen MR) is 80.4 cm³/mol. The van der Waals surface area contributed by atoms with Crippen LogP contribution in [0.25, 0.3) is 0 Å². The molecule has 0 radical (unpaired) electrons. The molecule has 1 aromatic carbocycles. The molecule has 2 N–H and O–H groups in total. The Morgan fingerprint density at radius 3 is 2.30 bits per heavy atom. The van der Waals surface area contributed by atoms with Crippen molar-refractivity contribution >= 4 is 23.2 Å². The third-order valence-corrected chi connectivity index (χ3v) is 4.56. The Labute approximate surface area is 119 Å². The Bertz CT molecular complexity index is 592. The maximum absolute atomic E-state index is 12.7. The van der Waals surface area contributed by atoms with Gasteiger partial charge < -0.3 is 5.73 Å². The molecule has 4 heteroatoms. The van der Waals surface area contributed by atoms with Crippen molar-refractivity contribution in [3.8, 4) is 0 Å². The molecule has 1 atom stereocenters. The Morgan fingerprint density at radius 2 is 1.80 bits per heavy atom. The molecule has 0 aliphatic carbocycles. The minimum Gasteiger partial charge on any atom is -0.398 e. The summed E-state index contributed by atoms with van der Waals surface area (Å²) in [6, 6.07) is 3.64. The van der Waals surface area contributed by atoms with Crippen molar-refractivity contribution in [1.82, 2.24) is 0 Å². The fraction of sp³-hybridized carbons (Fsp3) is 0.500. The van der Waals surface area contributed by atoms with Gasteiger partial charge in [-0.05, 0) is 43.9 Å². The number of aryl methyl sites for hydroxylation is 2. The normalized spacial score (nSPS) is 23.0. The van der Waals surface area contributed by atoms with Crippen LogP contribution in [0.4, 0.5) is 11.4 Å². The number of nitrogen functional groups attached to an aromatic ring is 1. The molecule has 108 valence electrons. The smallest absolute Gasteiger partial charge is 0.240 e. The molecule has 0 spiro atoms. The molecule has 2 amide bonds. The van der Waals surface area contributed by atoms with Crippen LogP contribution >= 0.6 is 0 Å². The SMILES string of the molecule is Cc1cc(C)c(N2C(=O)CC(C)(C(C)C)C2=O)cc1N. The van der Waals surface area contributed by atoms with Gasteiger partial charge in [-0.25, -0.2) is 4.90 Å². The Kier molecular flexibility index (Phi) is 3.36. The van der Waals surface area contributed by atoms with Gasteiger partial charge in [0, 0.05) is 12.1 Å². The summed E-state index contributed by atoms with van der Waals surface area (Å²) >= 11 is 0.